The number of carbonyl (C=O) groups is 3. The Kier molecular flexibility index (Phi) is 5.05. The van der Waals surface area contributed by atoms with E-state index in [1.807, 2.05) is 19.1 Å². The molecule has 4 rings (SSSR count). The van der Waals surface area contributed by atoms with Crippen LogP contribution in [0.5, 0.6) is 0 Å². The van der Waals surface area contributed by atoms with E-state index in [1.54, 1.807) is 36.1 Å². The van der Waals surface area contributed by atoms with Gasteiger partial charge in [0.1, 0.15) is 17.9 Å². The van der Waals surface area contributed by atoms with Gasteiger partial charge in [0.05, 0.1) is 0 Å². The Morgan fingerprint density at radius 2 is 1.90 bits per heavy atom. The molecule has 0 bridgehead atoms. The smallest absolute Gasteiger partial charge is 0.325 e. The summed E-state index contributed by atoms with van der Waals surface area (Å²) in [6.45, 7) is 3.50. The maximum absolute atomic E-state index is 13.5. The van der Waals surface area contributed by atoms with Crippen molar-refractivity contribution in [1.82, 2.24) is 15.1 Å². The van der Waals surface area contributed by atoms with Gasteiger partial charge in [0.2, 0.25) is 5.91 Å². The quantitative estimate of drug-likeness (QED) is 0.746. The van der Waals surface area contributed by atoms with Crippen LogP contribution in [0.1, 0.15) is 36.5 Å². The van der Waals surface area contributed by atoms with Crippen molar-refractivity contribution in [1.29, 1.82) is 0 Å². The summed E-state index contributed by atoms with van der Waals surface area (Å²) in [5.41, 5.74) is 1.18. The van der Waals surface area contributed by atoms with E-state index in [1.165, 1.54) is 12.1 Å². The molecule has 1 saturated heterocycles. The first kappa shape index (κ1) is 20.1. The number of urea groups is 1. The molecule has 1 heterocycles. The van der Waals surface area contributed by atoms with Gasteiger partial charge in [0, 0.05) is 12.6 Å². The lowest BCUT2D eigenvalue weighted by Crippen LogP contribution is -2.45. The van der Waals surface area contributed by atoms with Gasteiger partial charge in [0.25, 0.3) is 5.91 Å². The van der Waals surface area contributed by atoms with Crippen molar-refractivity contribution in [3.8, 4) is 0 Å². The van der Waals surface area contributed by atoms with E-state index >= 15 is 0 Å². The topological polar surface area (TPSA) is 69.7 Å². The molecule has 1 unspecified atom stereocenters. The van der Waals surface area contributed by atoms with Crippen molar-refractivity contribution in [2.45, 2.75) is 44.8 Å². The SMILES string of the molecule is Cc1ccc(C2(C)NC(=O)N(CC(=O)N(Cc3cccc(F)c3)C3CC3)C2=O)cc1. The number of benzene rings is 2. The minimum absolute atomic E-state index is 0.0602. The number of imide groups is 1. The maximum Gasteiger partial charge on any atom is 0.325 e. The van der Waals surface area contributed by atoms with E-state index in [0.717, 1.165) is 23.3 Å². The van der Waals surface area contributed by atoms with Crippen molar-refractivity contribution >= 4 is 17.8 Å². The van der Waals surface area contributed by atoms with Crippen LogP contribution in [-0.4, -0.2) is 40.2 Å². The molecule has 1 atom stereocenters. The van der Waals surface area contributed by atoms with Crippen LogP contribution in [0, 0.1) is 12.7 Å². The summed E-state index contributed by atoms with van der Waals surface area (Å²) in [7, 11) is 0. The molecule has 30 heavy (non-hydrogen) atoms. The normalized spacial score (nSPS) is 21.0. The molecule has 1 saturated carbocycles. The Morgan fingerprint density at radius 1 is 1.20 bits per heavy atom. The van der Waals surface area contributed by atoms with Gasteiger partial charge in [0.15, 0.2) is 0 Å². The molecule has 2 fully saturated rings. The summed E-state index contributed by atoms with van der Waals surface area (Å²) in [5.74, 6) is -1.14. The Morgan fingerprint density at radius 3 is 2.53 bits per heavy atom. The maximum atomic E-state index is 13.5. The van der Waals surface area contributed by atoms with Crippen molar-refractivity contribution < 1.29 is 18.8 Å². The molecule has 6 nitrogen and oxygen atoms in total. The summed E-state index contributed by atoms with van der Waals surface area (Å²) >= 11 is 0. The van der Waals surface area contributed by atoms with Gasteiger partial charge in [-0.2, -0.15) is 0 Å². The number of nitrogens with one attached hydrogen (secondary N) is 1. The van der Waals surface area contributed by atoms with Crippen LogP contribution in [0.25, 0.3) is 0 Å². The first-order valence-electron chi connectivity index (χ1n) is 10.0. The van der Waals surface area contributed by atoms with E-state index in [4.69, 9.17) is 0 Å². The van der Waals surface area contributed by atoms with Crippen molar-refractivity contribution in [2.24, 2.45) is 0 Å². The van der Waals surface area contributed by atoms with Gasteiger partial charge < -0.3 is 10.2 Å². The van der Waals surface area contributed by atoms with Gasteiger partial charge in [-0.3, -0.25) is 14.5 Å². The zero-order valence-corrected chi connectivity index (χ0v) is 17.0. The molecule has 1 N–H and O–H groups in total. The fourth-order valence-corrected chi connectivity index (χ4v) is 3.79. The number of aryl methyl sites for hydroxylation is 1. The first-order valence-corrected chi connectivity index (χ1v) is 10.0. The van der Waals surface area contributed by atoms with Crippen LogP contribution < -0.4 is 5.32 Å². The van der Waals surface area contributed by atoms with Crippen LogP contribution in [-0.2, 0) is 21.7 Å². The summed E-state index contributed by atoms with van der Waals surface area (Å²) in [6, 6.07) is 12.9. The monoisotopic (exact) mass is 409 g/mol. The predicted molar refractivity (Wildman–Crippen MR) is 109 cm³/mol. The number of halogens is 1. The van der Waals surface area contributed by atoms with E-state index in [9.17, 15) is 18.8 Å². The second-order valence-corrected chi connectivity index (χ2v) is 8.20. The summed E-state index contributed by atoms with van der Waals surface area (Å²) in [6.07, 6.45) is 1.73. The second-order valence-electron chi connectivity index (χ2n) is 8.20. The third kappa shape index (κ3) is 3.79. The Labute approximate surface area is 174 Å². The number of rotatable bonds is 6. The molecule has 2 aromatic rings. The van der Waals surface area contributed by atoms with E-state index in [-0.39, 0.29) is 30.9 Å². The van der Waals surface area contributed by atoms with Crippen LogP contribution in [0.4, 0.5) is 9.18 Å². The molecule has 1 aliphatic heterocycles. The Hall–Kier alpha value is -3.22. The second kappa shape index (κ2) is 7.55. The molecule has 156 valence electrons. The highest BCUT2D eigenvalue weighted by atomic mass is 19.1. The molecular formula is C23H24FN3O3. The van der Waals surface area contributed by atoms with Gasteiger partial charge >= 0.3 is 6.03 Å². The van der Waals surface area contributed by atoms with Gasteiger partial charge in [-0.05, 0) is 49.9 Å². The van der Waals surface area contributed by atoms with E-state index in [0.29, 0.717) is 11.1 Å². The molecular weight excluding hydrogens is 385 g/mol. The van der Waals surface area contributed by atoms with Crippen molar-refractivity contribution in [2.75, 3.05) is 6.54 Å². The highest BCUT2D eigenvalue weighted by Gasteiger charge is 2.50. The number of hydrogen-bond donors (Lipinski definition) is 1. The van der Waals surface area contributed by atoms with E-state index in [2.05, 4.69) is 5.32 Å². The van der Waals surface area contributed by atoms with Crippen LogP contribution in [0.2, 0.25) is 0 Å². The van der Waals surface area contributed by atoms with Crippen LogP contribution >= 0.6 is 0 Å². The zero-order valence-electron chi connectivity index (χ0n) is 17.0. The highest BCUT2D eigenvalue weighted by molar-refractivity contribution is 6.09. The van der Waals surface area contributed by atoms with Gasteiger partial charge in [-0.1, -0.05) is 42.0 Å². The summed E-state index contributed by atoms with van der Waals surface area (Å²) in [4.78, 5) is 41.3. The fourth-order valence-electron chi connectivity index (χ4n) is 3.79. The molecule has 7 heteroatoms. The zero-order chi connectivity index (χ0) is 21.5. The largest absolute Gasteiger partial charge is 0.334 e. The number of hydrogen-bond acceptors (Lipinski definition) is 3. The number of carbonyl (C=O) groups excluding carboxylic acids is 3. The Balaban J connectivity index is 1.51. The molecule has 0 aromatic heterocycles. The lowest BCUT2D eigenvalue weighted by molar-refractivity contribution is -0.139. The summed E-state index contributed by atoms with van der Waals surface area (Å²) < 4.78 is 13.5. The Bertz CT molecular complexity index is 1000. The third-order valence-corrected chi connectivity index (χ3v) is 5.75. The number of nitrogens with zero attached hydrogens (tertiary/aromatic N) is 2. The minimum Gasteiger partial charge on any atom is -0.334 e. The lowest BCUT2D eigenvalue weighted by atomic mass is 9.91. The average Bonchev–Trinajstić information content (AvgIpc) is 3.51. The minimum atomic E-state index is -1.21. The van der Waals surface area contributed by atoms with E-state index < -0.39 is 17.5 Å². The van der Waals surface area contributed by atoms with Gasteiger partial charge in [-0.25, -0.2) is 9.18 Å². The van der Waals surface area contributed by atoms with Crippen LogP contribution in [0.3, 0.4) is 0 Å². The first-order chi connectivity index (χ1) is 14.3. The molecule has 0 spiro atoms. The van der Waals surface area contributed by atoms with Gasteiger partial charge in [-0.15, -0.1) is 0 Å². The molecule has 2 aromatic carbocycles. The fraction of sp³-hybridized carbons (Fsp3) is 0.348. The molecule has 2 aliphatic rings. The average molecular weight is 409 g/mol. The lowest BCUT2D eigenvalue weighted by Gasteiger charge is -2.25. The highest BCUT2D eigenvalue weighted by Crippen LogP contribution is 2.31. The standard InChI is InChI=1S/C23H24FN3O3/c1-15-6-8-17(9-7-15)23(2)21(29)27(22(30)25-23)14-20(28)26(19-10-11-19)13-16-4-3-5-18(24)12-16/h3-9,12,19H,10-11,13-14H2,1-2H3,(H,25,30). The number of amides is 4. The molecule has 4 amide bonds. The van der Waals surface area contributed by atoms with Crippen molar-refractivity contribution in [3.05, 3.63) is 71.0 Å². The van der Waals surface area contributed by atoms with Crippen molar-refractivity contribution in [3.63, 3.8) is 0 Å². The third-order valence-electron chi connectivity index (χ3n) is 5.75. The summed E-state index contributed by atoms with van der Waals surface area (Å²) in [5, 5.41) is 2.73. The predicted octanol–water partition coefficient (Wildman–Crippen LogP) is 3.09. The molecule has 0 radical (unpaired) electrons. The molecule has 1 aliphatic carbocycles. The van der Waals surface area contributed by atoms with Crippen LogP contribution in [0.15, 0.2) is 48.5 Å².